The van der Waals surface area contributed by atoms with Gasteiger partial charge in [0.05, 0.1) is 5.25 Å². The first-order chi connectivity index (χ1) is 8.95. The zero-order valence-corrected chi connectivity index (χ0v) is 11.7. The van der Waals surface area contributed by atoms with Crippen molar-refractivity contribution in [1.82, 2.24) is 5.32 Å². The van der Waals surface area contributed by atoms with E-state index in [9.17, 15) is 4.79 Å². The fourth-order valence-corrected chi connectivity index (χ4v) is 2.87. The highest BCUT2D eigenvalue weighted by Crippen LogP contribution is 2.24. The average molecular weight is 276 g/mol. The highest BCUT2D eigenvalue weighted by atomic mass is 32.2. The van der Waals surface area contributed by atoms with E-state index >= 15 is 0 Å². The monoisotopic (exact) mass is 276 g/mol. The molecule has 1 saturated heterocycles. The van der Waals surface area contributed by atoms with Crippen molar-refractivity contribution < 1.29 is 4.79 Å². The van der Waals surface area contributed by atoms with Crippen molar-refractivity contribution in [3.05, 3.63) is 34.9 Å². The van der Waals surface area contributed by atoms with Gasteiger partial charge >= 0.3 is 0 Å². The van der Waals surface area contributed by atoms with Crippen LogP contribution in [0.4, 0.5) is 0 Å². The molecule has 0 aromatic heterocycles. The first-order valence-corrected chi connectivity index (χ1v) is 6.80. The van der Waals surface area contributed by atoms with Gasteiger partial charge in [-0.3, -0.25) is 10.2 Å². The Labute approximate surface area is 116 Å². The molecule has 1 aliphatic rings. The third-order valence-corrected chi connectivity index (χ3v) is 4.07. The number of rotatable bonds is 2. The predicted octanol–water partition coefficient (Wildman–Crippen LogP) is 1.33. The van der Waals surface area contributed by atoms with E-state index in [1.165, 1.54) is 22.9 Å². The predicted molar refractivity (Wildman–Crippen MR) is 78.5 cm³/mol. The maximum absolute atomic E-state index is 11.8. The number of guanidine groups is 1. The normalized spacial score (nSPS) is 20.6. The van der Waals surface area contributed by atoms with Crippen LogP contribution < -0.4 is 11.1 Å². The van der Waals surface area contributed by atoms with Gasteiger partial charge in [-0.25, -0.2) is 0 Å². The lowest BCUT2D eigenvalue weighted by Crippen LogP contribution is -2.26. The van der Waals surface area contributed by atoms with Gasteiger partial charge in [-0.1, -0.05) is 30.0 Å². The number of aryl methyl sites for hydroxylation is 2. The summed E-state index contributed by atoms with van der Waals surface area (Å²) in [5.41, 5.74) is 8.77. The second kappa shape index (κ2) is 5.44. The fraction of sp³-hybridized carbons (Fsp3) is 0.308. The molecule has 0 radical (unpaired) electrons. The lowest BCUT2D eigenvalue weighted by Gasteiger charge is -2.07. The van der Waals surface area contributed by atoms with Crippen LogP contribution in [-0.4, -0.2) is 22.3 Å². The minimum Gasteiger partial charge on any atom is -0.368 e. The Morgan fingerprint density at radius 3 is 2.84 bits per heavy atom. The van der Waals surface area contributed by atoms with Crippen LogP contribution in [0.3, 0.4) is 0 Å². The van der Waals surface area contributed by atoms with Gasteiger partial charge in [-0.05, 0) is 37.0 Å². The number of nitrogens with two attached hydrogens (primary N) is 1. The van der Waals surface area contributed by atoms with Crippen LogP contribution in [0.2, 0.25) is 0 Å². The molecule has 0 bridgehead atoms. The Morgan fingerprint density at radius 1 is 1.47 bits per heavy atom. The number of carbonyl (C=O) groups excluding carboxylic acids is 1. The quantitative estimate of drug-likeness (QED) is 0.562. The summed E-state index contributed by atoms with van der Waals surface area (Å²) in [5.74, 6) is -0.377. The molecule has 1 unspecified atom stereocenters. The number of amides is 1. The second-order valence-electron chi connectivity index (χ2n) is 4.52. The number of hydrogen-bond acceptors (Lipinski definition) is 3. The molecule has 0 saturated carbocycles. The molecule has 4 N–H and O–H groups in total. The molecule has 19 heavy (non-hydrogen) atoms. The second-order valence-corrected chi connectivity index (χ2v) is 5.71. The van der Waals surface area contributed by atoms with Gasteiger partial charge in [-0.15, -0.1) is 0 Å². The van der Waals surface area contributed by atoms with Crippen molar-refractivity contribution in [2.45, 2.75) is 25.5 Å². The van der Waals surface area contributed by atoms with E-state index < -0.39 is 0 Å². The zero-order chi connectivity index (χ0) is 14.0. The van der Waals surface area contributed by atoms with Crippen molar-refractivity contribution in [2.24, 2.45) is 10.7 Å². The average Bonchev–Trinajstić information content (AvgIpc) is 2.63. The molecule has 1 fully saturated rings. The molecule has 1 amide bonds. The van der Waals surface area contributed by atoms with Crippen molar-refractivity contribution in [3.8, 4) is 0 Å². The molecule has 1 aromatic carbocycles. The zero-order valence-electron chi connectivity index (χ0n) is 10.9. The molecule has 6 heteroatoms. The number of nitrogens with zero attached hydrogens (tertiary/aromatic N) is 1. The summed E-state index contributed by atoms with van der Waals surface area (Å²) in [6.07, 6.45) is 0.647. The number of carbonyl (C=O) groups is 1. The lowest BCUT2D eigenvalue weighted by molar-refractivity contribution is -0.118. The molecule has 0 aliphatic carbocycles. The number of nitrogens with one attached hydrogen (secondary N) is 2. The van der Waals surface area contributed by atoms with Crippen LogP contribution in [0.15, 0.2) is 23.2 Å². The molecule has 2 rings (SSSR count). The minimum atomic E-state index is -0.297. The number of amidine groups is 1. The van der Waals surface area contributed by atoms with Gasteiger partial charge in [0.1, 0.15) is 0 Å². The van der Waals surface area contributed by atoms with Gasteiger partial charge < -0.3 is 11.1 Å². The molecule has 100 valence electrons. The van der Waals surface area contributed by atoms with Crippen molar-refractivity contribution in [1.29, 1.82) is 5.41 Å². The Bertz CT molecular complexity index is 568. The first-order valence-electron chi connectivity index (χ1n) is 5.92. The molecule has 1 aliphatic heterocycles. The fourth-order valence-electron chi connectivity index (χ4n) is 1.85. The van der Waals surface area contributed by atoms with E-state index in [1.807, 2.05) is 6.07 Å². The Kier molecular flexibility index (Phi) is 3.90. The SMILES string of the molecule is Cc1ccc(CC2S/C(=N\C(=N)N)NC2=O)cc1C. The molecule has 5 nitrogen and oxygen atoms in total. The standard InChI is InChI=1S/C13H16N4OS/c1-7-3-4-9(5-8(7)2)6-10-11(18)16-13(19-10)17-12(14)15/h3-5,10H,6H2,1-2H3,(H4,14,15,16,17,18). The van der Waals surface area contributed by atoms with Crippen LogP contribution >= 0.6 is 11.8 Å². The van der Waals surface area contributed by atoms with E-state index in [-0.39, 0.29) is 17.1 Å². The van der Waals surface area contributed by atoms with Gasteiger partial charge in [-0.2, -0.15) is 4.99 Å². The minimum absolute atomic E-state index is 0.0803. The van der Waals surface area contributed by atoms with E-state index in [0.717, 1.165) is 5.56 Å². The Balaban J connectivity index is 2.09. The molecule has 1 heterocycles. The largest absolute Gasteiger partial charge is 0.368 e. The summed E-state index contributed by atoms with van der Waals surface area (Å²) >= 11 is 1.32. The number of hydrogen-bond donors (Lipinski definition) is 3. The Hall–Kier alpha value is -1.82. The molecule has 1 atom stereocenters. The molecule has 1 aromatic rings. The molecule has 0 spiro atoms. The van der Waals surface area contributed by atoms with Crippen molar-refractivity contribution >= 4 is 28.8 Å². The summed E-state index contributed by atoms with van der Waals surface area (Å²) in [5, 5.41) is 9.92. The molecular formula is C13H16N4OS. The lowest BCUT2D eigenvalue weighted by atomic mass is 10.0. The third kappa shape index (κ3) is 3.35. The van der Waals surface area contributed by atoms with Crippen molar-refractivity contribution in [2.75, 3.05) is 0 Å². The summed E-state index contributed by atoms with van der Waals surface area (Å²) in [7, 11) is 0. The van der Waals surface area contributed by atoms with Crippen molar-refractivity contribution in [3.63, 3.8) is 0 Å². The van der Waals surface area contributed by atoms with Gasteiger partial charge in [0, 0.05) is 0 Å². The number of thioether (sulfide) groups is 1. The van der Waals surface area contributed by atoms with E-state index in [1.54, 1.807) is 0 Å². The summed E-state index contributed by atoms with van der Waals surface area (Å²) < 4.78 is 0. The van der Waals surface area contributed by atoms with Gasteiger partial charge in [0.15, 0.2) is 5.17 Å². The Morgan fingerprint density at radius 2 is 2.21 bits per heavy atom. The third-order valence-electron chi connectivity index (χ3n) is 2.99. The summed E-state index contributed by atoms with van der Waals surface area (Å²) in [6.45, 7) is 4.12. The van der Waals surface area contributed by atoms with Crippen LogP contribution in [0.1, 0.15) is 16.7 Å². The summed E-state index contributed by atoms with van der Waals surface area (Å²) in [6, 6.07) is 6.20. The smallest absolute Gasteiger partial charge is 0.239 e. The number of aliphatic imine (C=N–C) groups is 1. The maximum Gasteiger partial charge on any atom is 0.239 e. The molecular weight excluding hydrogens is 260 g/mol. The summed E-state index contributed by atoms with van der Waals surface area (Å²) in [4.78, 5) is 15.6. The first kappa shape index (κ1) is 13.6. The van der Waals surface area contributed by atoms with Gasteiger partial charge in [0.25, 0.3) is 0 Å². The van der Waals surface area contributed by atoms with E-state index in [2.05, 4.69) is 36.3 Å². The van der Waals surface area contributed by atoms with Crippen LogP contribution in [0.25, 0.3) is 0 Å². The van der Waals surface area contributed by atoms with Gasteiger partial charge in [0.2, 0.25) is 11.9 Å². The van der Waals surface area contributed by atoms with Crippen LogP contribution in [0.5, 0.6) is 0 Å². The van der Waals surface area contributed by atoms with Crippen LogP contribution in [0, 0.1) is 19.3 Å². The van der Waals surface area contributed by atoms with E-state index in [0.29, 0.717) is 11.6 Å². The number of benzene rings is 1. The highest BCUT2D eigenvalue weighted by molar-refractivity contribution is 8.15. The maximum atomic E-state index is 11.8. The topological polar surface area (TPSA) is 91.3 Å². The van der Waals surface area contributed by atoms with E-state index in [4.69, 9.17) is 11.1 Å². The van der Waals surface area contributed by atoms with Crippen LogP contribution in [-0.2, 0) is 11.2 Å². The highest BCUT2D eigenvalue weighted by Gasteiger charge is 2.30.